The number of carbonyl (C=O) groups is 1. The van der Waals surface area contributed by atoms with E-state index in [0.717, 1.165) is 25.8 Å². The first kappa shape index (κ1) is 23.9. The quantitative estimate of drug-likeness (QED) is 0.485. The normalized spacial score (nSPS) is 39.1. The first-order chi connectivity index (χ1) is 13.1. The fraction of sp³-hybridized carbons (Fsp3) is 0.950. The van der Waals surface area contributed by atoms with Crippen LogP contribution in [0, 0.1) is 11.8 Å². The summed E-state index contributed by atoms with van der Waals surface area (Å²) < 4.78 is 6.18. The summed E-state index contributed by atoms with van der Waals surface area (Å²) in [5.74, 6) is 0.256. The third-order valence-corrected chi connectivity index (χ3v) is 7.36. The summed E-state index contributed by atoms with van der Waals surface area (Å²) >= 11 is 1.29. The molecule has 8 heteroatoms. The third-order valence-electron chi connectivity index (χ3n) is 6.50. The lowest BCUT2D eigenvalue weighted by Crippen LogP contribution is -2.75. The van der Waals surface area contributed by atoms with Crippen LogP contribution in [-0.2, 0) is 9.53 Å². The Morgan fingerprint density at radius 1 is 1.29 bits per heavy atom. The lowest BCUT2D eigenvalue weighted by molar-refractivity contribution is -0.229. The van der Waals surface area contributed by atoms with E-state index in [1.807, 2.05) is 20.9 Å². The fourth-order valence-electron chi connectivity index (χ4n) is 5.23. The Morgan fingerprint density at radius 3 is 2.43 bits per heavy atom. The van der Waals surface area contributed by atoms with E-state index in [1.165, 1.54) is 18.7 Å². The van der Waals surface area contributed by atoms with E-state index in [4.69, 9.17) is 4.74 Å². The largest absolute Gasteiger partial charge is 0.387 e. The van der Waals surface area contributed by atoms with Gasteiger partial charge in [-0.15, -0.1) is 11.8 Å². The van der Waals surface area contributed by atoms with Gasteiger partial charge in [-0.2, -0.15) is 0 Å². The molecule has 0 spiro atoms. The van der Waals surface area contributed by atoms with Crippen LogP contribution in [0.25, 0.3) is 0 Å². The summed E-state index contributed by atoms with van der Waals surface area (Å²) in [6.07, 6.45) is 0.243. The first-order valence-corrected chi connectivity index (χ1v) is 11.6. The highest BCUT2D eigenvalue weighted by Crippen LogP contribution is 2.43. The van der Waals surface area contributed by atoms with Crippen LogP contribution in [0.3, 0.4) is 0 Å². The van der Waals surface area contributed by atoms with Gasteiger partial charge >= 0.3 is 0 Å². The highest BCUT2D eigenvalue weighted by molar-refractivity contribution is 7.99. The Kier molecular flexibility index (Phi) is 8.21. The summed E-state index contributed by atoms with van der Waals surface area (Å²) in [5.41, 5.74) is -1.56. The highest BCUT2D eigenvalue weighted by Gasteiger charge is 2.59. The molecule has 28 heavy (non-hydrogen) atoms. The van der Waals surface area contributed by atoms with Crippen molar-refractivity contribution in [2.24, 2.45) is 11.8 Å². The van der Waals surface area contributed by atoms with Gasteiger partial charge in [0.1, 0.15) is 29.9 Å². The Morgan fingerprint density at radius 2 is 1.93 bits per heavy atom. The zero-order valence-electron chi connectivity index (χ0n) is 18.0. The number of nitrogens with one attached hydrogen (secondary N) is 1. The number of aliphatic hydroxyl groups is 3. The minimum absolute atomic E-state index is 0.0439. The van der Waals surface area contributed by atoms with Crippen LogP contribution in [0.1, 0.15) is 47.0 Å². The number of nitrogens with zero attached hydrogens (tertiary/aromatic N) is 1. The maximum absolute atomic E-state index is 12.3. The lowest BCUT2D eigenvalue weighted by Gasteiger charge is -2.55. The molecule has 0 saturated carbocycles. The van der Waals surface area contributed by atoms with Gasteiger partial charge < -0.3 is 30.3 Å². The average Bonchev–Trinajstić information content (AvgIpc) is 2.99. The molecule has 8 atom stereocenters. The zero-order valence-corrected chi connectivity index (χ0v) is 18.8. The number of hydrogen-bond donors (Lipinski definition) is 4. The molecule has 4 N–H and O–H groups in total. The van der Waals surface area contributed by atoms with Crippen molar-refractivity contribution in [1.29, 1.82) is 0 Å². The molecule has 2 aliphatic heterocycles. The summed E-state index contributed by atoms with van der Waals surface area (Å²) in [4.78, 5) is 14.5. The second-order valence-electron chi connectivity index (χ2n) is 8.75. The van der Waals surface area contributed by atoms with Crippen molar-refractivity contribution in [2.45, 2.75) is 88.4 Å². The maximum atomic E-state index is 12.3. The number of likely N-dealkylation sites (tertiary alicyclic amines) is 1. The molecule has 0 radical (unpaired) electrons. The van der Waals surface area contributed by atoms with Crippen LogP contribution in [0.5, 0.6) is 0 Å². The second-order valence-corrected chi connectivity index (χ2v) is 9.68. The Bertz CT molecular complexity index is 535. The molecule has 0 bridgehead atoms. The molecule has 8 unspecified atom stereocenters. The molecule has 2 aliphatic rings. The number of aliphatic hydroxyl groups excluding tert-OH is 3. The van der Waals surface area contributed by atoms with Gasteiger partial charge in [-0.1, -0.05) is 27.2 Å². The monoisotopic (exact) mass is 418 g/mol. The lowest BCUT2D eigenvalue weighted by atomic mass is 9.69. The number of thioether (sulfide) groups is 1. The minimum Gasteiger partial charge on any atom is -0.387 e. The van der Waals surface area contributed by atoms with Crippen LogP contribution in [0.2, 0.25) is 0 Å². The fourth-order valence-corrected chi connectivity index (χ4v) is 5.90. The molecule has 0 aromatic carbocycles. The molecule has 2 saturated heterocycles. The number of hydrogen-bond acceptors (Lipinski definition) is 7. The molecule has 0 aromatic rings. The van der Waals surface area contributed by atoms with E-state index in [2.05, 4.69) is 17.1 Å². The molecule has 2 rings (SSSR count). The number of ether oxygens (including phenoxy) is 1. The van der Waals surface area contributed by atoms with Gasteiger partial charge in [0.15, 0.2) is 0 Å². The van der Waals surface area contributed by atoms with E-state index in [-0.39, 0.29) is 17.9 Å². The second kappa shape index (κ2) is 9.62. The molecule has 0 aliphatic carbocycles. The summed E-state index contributed by atoms with van der Waals surface area (Å²) in [6, 6.07) is -0.0439. The standard InChI is InChI=1S/C20H38N2O5S/c1-7-8-13-9-14(22(5)10-13)20(11(2)3,21-12(4)23)18-16(25)15(24)17(26)19(27-18)28-6/h11,13-19,24-26H,7-10H2,1-6H3,(H,21,23). The first-order valence-electron chi connectivity index (χ1n) is 10.3. The molecule has 7 nitrogen and oxygen atoms in total. The number of rotatable bonds is 7. The van der Waals surface area contributed by atoms with E-state index >= 15 is 0 Å². The SMILES string of the molecule is CCCC1CC(C(NC(C)=O)(C(C)C)C2OC(SC)C(O)C(O)C2O)N(C)C1. The number of carbonyl (C=O) groups excluding carboxylic acids is 1. The minimum atomic E-state index is -1.33. The Labute approximate surface area is 173 Å². The predicted molar refractivity (Wildman–Crippen MR) is 111 cm³/mol. The number of amides is 1. The van der Waals surface area contributed by atoms with E-state index in [9.17, 15) is 20.1 Å². The van der Waals surface area contributed by atoms with Crippen LogP contribution < -0.4 is 5.32 Å². The Hall–Kier alpha value is -0.380. The third kappa shape index (κ3) is 4.37. The van der Waals surface area contributed by atoms with Gasteiger partial charge in [-0.3, -0.25) is 4.79 Å². The van der Waals surface area contributed by atoms with E-state index in [1.54, 1.807) is 6.26 Å². The predicted octanol–water partition coefficient (Wildman–Crippen LogP) is 0.808. The molecule has 2 fully saturated rings. The van der Waals surface area contributed by atoms with Gasteiger partial charge in [-0.05, 0) is 38.0 Å². The van der Waals surface area contributed by atoms with Gasteiger partial charge in [0.2, 0.25) is 5.91 Å². The zero-order chi connectivity index (χ0) is 21.2. The van der Waals surface area contributed by atoms with Crippen molar-refractivity contribution in [3.8, 4) is 0 Å². The van der Waals surface area contributed by atoms with Crippen LogP contribution in [-0.4, -0.2) is 87.4 Å². The van der Waals surface area contributed by atoms with E-state index < -0.39 is 35.4 Å². The summed E-state index contributed by atoms with van der Waals surface area (Å²) in [6.45, 7) is 8.59. The molecule has 164 valence electrons. The van der Waals surface area contributed by atoms with Crippen molar-refractivity contribution in [3.63, 3.8) is 0 Å². The Balaban J connectivity index is 2.50. The van der Waals surface area contributed by atoms with Crippen molar-refractivity contribution >= 4 is 17.7 Å². The molecule has 1 amide bonds. The van der Waals surface area contributed by atoms with Gasteiger partial charge in [0.05, 0.1) is 5.54 Å². The van der Waals surface area contributed by atoms with Crippen LogP contribution >= 0.6 is 11.8 Å². The summed E-state index contributed by atoms with van der Waals surface area (Å²) in [7, 11) is 2.05. The van der Waals surface area contributed by atoms with Gasteiger partial charge in [-0.25, -0.2) is 0 Å². The molecule has 2 heterocycles. The van der Waals surface area contributed by atoms with Crippen molar-refractivity contribution in [1.82, 2.24) is 10.2 Å². The summed E-state index contributed by atoms with van der Waals surface area (Å²) in [5, 5.41) is 34.9. The maximum Gasteiger partial charge on any atom is 0.217 e. The van der Waals surface area contributed by atoms with Crippen molar-refractivity contribution < 1.29 is 24.9 Å². The highest BCUT2D eigenvalue weighted by atomic mass is 32.2. The average molecular weight is 419 g/mol. The molecular weight excluding hydrogens is 380 g/mol. The van der Waals surface area contributed by atoms with Crippen LogP contribution in [0.15, 0.2) is 0 Å². The van der Waals surface area contributed by atoms with Gasteiger partial charge in [0, 0.05) is 19.5 Å². The molecular formula is C20H38N2O5S. The van der Waals surface area contributed by atoms with Crippen molar-refractivity contribution in [3.05, 3.63) is 0 Å². The smallest absolute Gasteiger partial charge is 0.217 e. The van der Waals surface area contributed by atoms with Crippen LogP contribution in [0.4, 0.5) is 0 Å². The number of likely N-dealkylation sites (N-methyl/N-ethyl adjacent to an activating group) is 1. The topological polar surface area (TPSA) is 102 Å². The van der Waals surface area contributed by atoms with E-state index in [0.29, 0.717) is 5.92 Å². The van der Waals surface area contributed by atoms with Gasteiger partial charge in [0.25, 0.3) is 0 Å². The molecule has 0 aromatic heterocycles. The van der Waals surface area contributed by atoms with Crippen molar-refractivity contribution in [2.75, 3.05) is 19.8 Å².